The number of fused-ring (bicyclic) bond motifs is 6. The second kappa shape index (κ2) is 10.8. The van der Waals surface area contributed by atoms with E-state index in [2.05, 4.69) is 155 Å². The highest BCUT2D eigenvalue weighted by molar-refractivity contribution is 6.12. The predicted octanol–water partition coefficient (Wildman–Crippen LogP) is 10.3. The van der Waals surface area contributed by atoms with Gasteiger partial charge in [-0.3, -0.25) is 0 Å². The summed E-state index contributed by atoms with van der Waals surface area (Å²) in [4.78, 5) is 0. The van der Waals surface area contributed by atoms with E-state index in [9.17, 15) is 0 Å². The van der Waals surface area contributed by atoms with Gasteiger partial charge < -0.3 is 14.9 Å². The van der Waals surface area contributed by atoms with E-state index < -0.39 is 0 Å². The highest BCUT2D eigenvalue weighted by Gasteiger charge is 2.15. The number of hydrogen-bond donors (Lipinski definition) is 1. The average molecular weight is 566 g/mol. The van der Waals surface area contributed by atoms with Crippen LogP contribution in [0.2, 0.25) is 0 Å². The molecule has 0 saturated heterocycles. The van der Waals surface area contributed by atoms with Crippen LogP contribution in [0, 0.1) is 0 Å². The maximum Gasteiger partial charge on any atom is 0.0541 e. The van der Waals surface area contributed by atoms with Gasteiger partial charge in [-0.1, -0.05) is 103 Å². The molecule has 0 radical (unpaired) electrons. The Hall–Kier alpha value is -5.80. The lowest BCUT2D eigenvalue weighted by molar-refractivity contribution is 0.899. The van der Waals surface area contributed by atoms with Crippen molar-refractivity contribution < 1.29 is 0 Å². The highest BCUT2D eigenvalue weighted by Crippen LogP contribution is 2.37. The molecule has 0 unspecified atom stereocenters. The molecule has 210 valence electrons. The molecule has 2 N–H and O–H groups in total. The van der Waals surface area contributed by atoms with Crippen LogP contribution >= 0.6 is 0 Å². The van der Waals surface area contributed by atoms with E-state index >= 15 is 0 Å². The minimum atomic E-state index is 0.783. The zero-order valence-corrected chi connectivity index (χ0v) is 24.3. The molecule has 0 bridgehead atoms. The van der Waals surface area contributed by atoms with E-state index in [0.29, 0.717) is 0 Å². The molecule has 0 aliphatic heterocycles. The minimum absolute atomic E-state index is 0.783. The van der Waals surface area contributed by atoms with E-state index in [1.165, 1.54) is 65.9 Å². The Morgan fingerprint density at radius 1 is 0.455 bits per heavy atom. The number of hydrogen-bond acceptors (Lipinski definition) is 1. The van der Waals surface area contributed by atoms with Crippen molar-refractivity contribution in [2.75, 3.05) is 0 Å². The van der Waals surface area contributed by atoms with Gasteiger partial charge >= 0.3 is 0 Å². The van der Waals surface area contributed by atoms with Gasteiger partial charge in [-0.15, -0.1) is 0 Å². The van der Waals surface area contributed by atoms with Gasteiger partial charge in [-0.2, -0.15) is 0 Å². The second-order valence-electron chi connectivity index (χ2n) is 11.2. The third kappa shape index (κ3) is 4.29. The van der Waals surface area contributed by atoms with Gasteiger partial charge in [0.15, 0.2) is 0 Å². The lowest BCUT2D eigenvalue weighted by Gasteiger charge is -2.10. The Labute approximate surface area is 256 Å². The quantitative estimate of drug-likeness (QED) is 0.200. The van der Waals surface area contributed by atoms with Crippen molar-refractivity contribution in [3.63, 3.8) is 0 Å². The fourth-order valence-electron chi connectivity index (χ4n) is 6.60. The molecule has 2 heterocycles. The molecule has 0 spiro atoms. The molecule has 0 amide bonds. The van der Waals surface area contributed by atoms with Gasteiger partial charge in [0.05, 0.1) is 11.0 Å². The zero-order chi connectivity index (χ0) is 29.5. The fraction of sp³-hybridized carbons (Fsp3) is 0.0244. The Bertz CT molecular complexity index is 2350. The molecule has 3 heteroatoms. The molecular formula is C41H31N3. The van der Waals surface area contributed by atoms with Crippen LogP contribution in [0.15, 0.2) is 164 Å². The summed E-state index contributed by atoms with van der Waals surface area (Å²) in [6.07, 6.45) is 7.56. The Balaban J connectivity index is 1.25. The molecule has 0 atom stereocenters. The molecular weight excluding hydrogens is 534 g/mol. The van der Waals surface area contributed by atoms with Crippen LogP contribution in [0.4, 0.5) is 0 Å². The first kappa shape index (κ1) is 25.9. The Morgan fingerprint density at radius 3 is 1.70 bits per heavy atom. The first-order valence-electron chi connectivity index (χ1n) is 15.0. The summed E-state index contributed by atoms with van der Waals surface area (Å²) in [6.45, 7) is 0.783. The van der Waals surface area contributed by atoms with Crippen molar-refractivity contribution in [3.05, 3.63) is 164 Å². The molecule has 0 fully saturated rings. The number of nitrogens with zero attached hydrogens (tertiary/aromatic N) is 2. The first-order valence-corrected chi connectivity index (χ1v) is 15.0. The SMILES string of the molecule is N/C=C\C=C/Cn1c2ccccc2c2cc(-c3ccc4c(c3)c3ccccc3n4-c3ccc(-c4ccccc4)cc3)ccc21. The first-order chi connectivity index (χ1) is 21.8. The van der Waals surface area contributed by atoms with Gasteiger partial charge in [0.25, 0.3) is 0 Å². The van der Waals surface area contributed by atoms with E-state index in [1.807, 2.05) is 12.2 Å². The predicted molar refractivity (Wildman–Crippen MR) is 187 cm³/mol. The summed E-state index contributed by atoms with van der Waals surface area (Å²) in [7, 11) is 0. The van der Waals surface area contributed by atoms with Crippen LogP contribution in [0.5, 0.6) is 0 Å². The van der Waals surface area contributed by atoms with Crippen molar-refractivity contribution in [2.24, 2.45) is 5.73 Å². The number of para-hydroxylation sites is 2. The molecule has 44 heavy (non-hydrogen) atoms. The molecule has 0 saturated carbocycles. The average Bonchev–Trinajstić information content (AvgIpc) is 3.59. The summed E-state index contributed by atoms with van der Waals surface area (Å²) in [5.74, 6) is 0. The number of benzene rings is 6. The maximum atomic E-state index is 5.52. The van der Waals surface area contributed by atoms with Crippen molar-refractivity contribution in [1.29, 1.82) is 0 Å². The monoisotopic (exact) mass is 565 g/mol. The van der Waals surface area contributed by atoms with E-state index in [4.69, 9.17) is 5.73 Å². The van der Waals surface area contributed by atoms with Crippen molar-refractivity contribution >= 4 is 43.6 Å². The summed E-state index contributed by atoms with van der Waals surface area (Å²) in [5.41, 5.74) is 16.4. The molecule has 6 aromatic carbocycles. The maximum absolute atomic E-state index is 5.52. The zero-order valence-electron chi connectivity index (χ0n) is 24.3. The van der Waals surface area contributed by atoms with E-state index in [1.54, 1.807) is 6.20 Å². The topological polar surface area (TPSA) is 35.9 Å². The second-order valence-corrected chi connectivity index (χ2v) is 11.2. The van der Waals surface area contributed by atoms with Crippen LogP contribution < -0.4 is 5.73 Å². The highest BCUT2D eigenvalue weighted by atomic mass is 15.0. The number of allylic oxidation sites excluding steroid dienone is 3. The van der Waals surface area contributed by atoms with Gasteiger partial charge in [-0.25, -0.2) is 0 Å². The Kier molecular flexibility index (Phi) is 6.35. The molecule has 8 rings (SSSR count). The molecule has 8 aromatic rings. The molecule has 0 aliphatic rings. The molecule has 3 nitrogen and oxygen atoms in total. The Morgan fingerprint density at radius 2 is 0.977 bits per heavy atom. The summed E-state index contributed by atoms with van der Waals surface area (Å²) < 4.78 is 4.75. The summed E-state index contributed by atoms with van der Waals surface area (Å²) >= 11 is 0. The van der Waals surface area contributed by atoms with Crippen LogP contribution in [0.3, 0.4) is 0 Å². The lowest BCUT2D eigenvalue weighted by atomic mass is 10.0. The van der Waals surface area contributed by atoms with Crippen LogP contribution in [-0.2, 0) is 6.54 Å². The number of aromatic nitrogens is 2. The lowest BCUT2D eigenvalue weighted by Crippen LogP contribution is -1.94. The van der Waals surface area contributed by atoms with Crippen molar-refractivity contribution in [2.45, 2.75) is 6.54 Å². The summed E-state index contributed by atoms with van der Waals surface area (Å²) in [5, 5.41) is 5.05. The van der Waals surface area contributed by atoms with Gasteiger partial charge in [0, 0.05) is 44.8 Å². The minimum Gasteiger partial charge on any atom is -0.405 e. The smallest absolute Gasteiger partial charge is 0.0541 e. The summed E-state index contributed by atoms with van der Waals surface area (Å²) in [6, 6.07) is 50.6. The van der Waals surface area contributed by atoms with E-state index in [0.717, 1.165) is 12.2 Å². The molecule has 0 aliphatic carbocycles. The fourth-order valence-corrected chi connectivity index (χ4v) is 6.60. The largest absolute Gasteiger partial charge is 0.405 e. The molecule has 2 aromatic heterocycles. The van der Waals surface area contributed by atoms with Crippen molar-refractivity contribution in [1.82, 2.24) is 9.13 Å². The van der Waals surface area contributed by atoms with E-state index in [-0.39, 0.29) is 0 Å². The number of nitrogens with two attached hydrogens (primary N) is 1. The van der Waals surface area contributed by atoms with Crippen LogP contribution in [0.25, 0.3) is 71.6 Å². The van der Waals surface area contributed by atoms with Gasteiger partial charge in [0.1, 0.15) is 0 Å². The third-order valence-electron chi connectivity index (χ3n) is 8.66. The van der Waals surface area contributed by atoms with Crippen molar-refractivity contribution in [3.8, 4) is 27.9 Å². The third-order valence-corrected chi connectivity index (χ3v) is 8.66. The van der Waals surface area contributed by atoms with Crippen LogP contribution in [-0.4, -0.2) is 9.13 Å². The van der Waals surface area contributed by atoms with Gasteiger partial charge in [-0.05, 0) is 83.1 Å². The standard InChI is InChI=1S/C41H31N3/c42-25-9-2-10-26-43-38-15-7-5-13-34(38)36-27-31(19-23-39(36)43)32-20-24-41-37(28-32)35-14-6-8-16-40(35)44(41)33-21-17-30(18-22-33)29-11-3-1-4-12-29/h1-25,27-28H,26,42H2/b10-2-,25-9-. The number of rotatable bonds is 6. The van der Waals surface area contributed by atoms with Crippen LogP contribution in [0.1, 0.15) is 0 Å². The normalized spacial score (nSPS) is 12.1. The van der Waals surface area contributed by atoms with Gasteiger partial charge in [0.2, 0.25) is 0 Å².